The van der Waals surface area contributed by atoms with Gasteiger partial charge in [0.25, 0.3) is 11.7 Å². The molecule has 2 saturated heterocycles. The van der Waals surface area contributed by atoms with E-state index in [1.54, 1.807) is 37.3 Å². The van der Waals surface area contributed by atoms with Crippen molar-refractivity contribution in [2.24, 2.45) is 0 Å². The van der Waals surface area contributed by atoms with Gasteiger partial charge in [-0.25, -0.2) is 0 Å². The lowest BCUT2D eigenvalue weighted by molar-refractivity contribution is -0.140. The predicted octanol–water partition coefficient (Wildman–Crippen LogP) is 2.83. The molecule has 3 aliphatic heterocycles. The van der Waals surface area contributed by atoms with Gasteiger partial charge >= 0.3 is 0 Å². The summed E-state index contributed by atoms with van der Waals surface area (Å²) in [7, 11) is 0. The Hall–Kier alpha value is -3.26. The minimum atomic E-state index is -0.776. The molecule has 1 amide bonds. The molecular weight excluding hydrogens is 400 g/mol. The Morgan fingerprint density at radius 3 is 2.58 bits per heavy atom. The fourth-order valence-corrected chi connectivity index (χ4v) is 4.46. The minimum absolute atomic E-state index is 0.0274. The number of carbonyl (C=O) groups is 2. The van der Waals surface area contributed by atoms with E-state index in [1.165, 1.54) is 4.90 Å². The lowest BCUT2D eigenvalue weighted by Crippen LogP contribution is -2.37. The number of rotatable bonds is 5. The maximum Gasteiger partial charge on any atom is 0.295 e. The minimum Gasteiger partial charge on any atom is -0.507 e. The summed E-state index contributed by atoms with van der Waals surface area (Å²) in [4.78, 5) is 29.8. The molecule has 5 rings (SSSR count). The van der Waals surface area contributed by atoms with E-state index in [0.717, 1.165) is 25.9 Å². The molecule has 1 aromatic heterocycles. The zero-order valence-electron chi connectivity index (χ0n) is 17.3. The summed E-state index contributed by atoms with van der Waals surface area (Å²) >= 11 is 0. The second-order valence-electron chi connectivity index (χ2n) is 8.06. The lowest BCUT2D eigenvalue weighted by Gasteiger charge is -2.25. The quantitative estimate of drug-likeness (QED) is 0.448. The smallest absolute Gasteiger partial charge is 0.295 e. The van der Waals surface area contributed by atoms with Gasteiger partial charge in [0.1, 0.15) is 23.3 Å². The van der Waals surface area contributed by atoms with E-state index in [9.17, 15) is 14.7 Å². The number of aryl methyl sites for hydroxylation is 1. The van der Waals surface area contributed by atoms with Crippen molar-refractivity contribution in [3.63, 3.8) is 0 Å². The molecule has 2 fully saturated rings. The molecule has 8 heteroatoms. The molecule has 0 bridgehead atoms. The lowest BCUT2D eigenvalue weighted by atomic mass is 9.99. The van der Waals surface area contributed by atoms with Crippen LogP contribution in [0.4, 0.5) is 0 Å². The number of ketones is 1. The summed E-state index contributed by atoms with van der Waals surface area (Å²) in [6, 6.07) is 7.69. The molecule has 0 aliphatic carbocycles. The Balaban J connectivity index is 1.54. The van der Waals surface area contributed by atoms with Crippen molar-refractivity contribution in [3.05, 3.63) is 53.0 Å². The first-order chi connectivity index (χ1) is 15.0. The van der Waals surface area contributed by atoms with Crippen molar-refractivity contribution < 1.29 is 28.6 Å². The number of aliphatic hydroxyl groups excluding tert-OH is 1. The van der Waals surface area contributed by atoms with Crippen LogP contribution < -0.4 is 9.47 Å². The van der Waals surface area contributed by atoms with E-state index < -0.39 is 17.7 Å². The number of furan rings is 1. The SMILES string of the molecule is Cc1ccc(C2/C(=C(\O)c3ccc4c(c3)OCO4)C(=O)C(=O)N2CCN2CCCC2)o1. The molecule has 1 atom stereocenters. The highest BCUT2D eigenvalue weighted by Gasteiger charge is 2.47. The number of Topliss-reactive ketones (excluding diaryl/α,β-unsaturated/α-hetero) is 1. The van der Waals surface area contributed by atoms with Crippen LogP contribution in [-0.4, -0.2) is 59.6 Å². The number of hydrogen-bond acceptors (Lipinski definition) is 7. The molecular formula is C23H24N2O6. The fourth-order valence-electron chi connectivity index (χ4n) is 4.46. The highest BCUT2D eigenvalue weighted by atomic mass is 16.7. The molecule has 0 spiro atoms. The molecule has 4 heterocycles. The van der Waals surface area contributed by atoms with Crippen LogP contribution in [0.15, 0.2) is 40.3 Å². The van der Waals surface area contributed by atoms with Crippen LogP contribution in [0.1, 0.15) is 36.0 Å². The molecule has 3 aliphatic rings. The van der Waals surface area contributed by atoms with Gasteiger partial charge in [-0.05, 0) is 63.2 Å². The molecule has 2 aromatic rings. The van der Waals surface area contributed by atoms with E-state index in [0.29, 0.717) is 41.7 Å². The van der Waals surface area contributed by atoms with Crippen molar-refractivity contribution >= 4 is 17.4 Å². The summed E-state index contributed by atoms with van der Waals surface area (Å²) in [5.41, 5.74) is 0.412. The number of nitrogens with zero attached hydrogens (tertiary/aromatic N) is 2. The van der Waals surface area contributed by atoms with Gasteiger partial charge < -0.3 is 28.8 Å². The summed E-state index contributed by atoms with van der Waals surface area (Å²) in [6.07, 6.45) is 2.29. The monoisotopic (exact) mass is 424 g/mol. The molecule has 1 aromatic carbocycles. The highest BCUT2D eigenvalue weighted by molar-refractivity contribution is 6.46. The molecule has 0 radical (unpaired) electrons. The van der Waals surface area contributed by atoms with Crippen LogP contribution in [0.3, 0.4) is 0 Å². The Morgan fingerprint density at radius 1 is 1.06 bits per heavy atom. The average Bonchev–Trinajstić information content (AvgIpc) is 3.55. The van der Waals surface area contributed by atoms with Gasteiger partial charge in [-0.1, -0.05) is 0 Å². The van der Waals surface area contributed by atoms with Crippen LogP contribution in [0.2, 0.25) is 0 Å². The first-order valence-corrected chi connectivity index (χ1v) is 10.5. The molecule has 1 N–H and O–H groups in total. The third kappa shape index (κ3) is 3.46. The van der Waals surface area contributed by atoms with Crippen molar-refractivity contribution in [1.82, 2.24) is 9.80 Å². The zero-order valence-corrected chi connectivity index (χ0v) is 17.3. The molecule has 162 valence electrons. The maximum atomic E-state index is 13.0. The second-order valence-corrected chi connectivity index (χ2v) is 8.06. The number of amides is 1. The number of aliphatic hydroxyl groups is 1. The zero-order chi connectivity index (χ0) is 21.5. The van der Waals surface area contributed by atoms with Crippen LogP contribution in [0.25, 0.3) is 5.76 Å². The van der Waals surface area contributed by atoms with Crippen molar-refractivity contribution in [1.29, 1.82) is 0 Å². The van der Waals surface area contributed by atoms with Gasteiger partial charge in [-0.2, -0.15) is 0 Å². The first-order valence-electron chi connectivity index (χ1n) is 10.5. The average molecular weight is 424 g/mol. The number of carbonyl (C=O) groups excluding carboxylic acids is 2. The number of fused-ring (bicyclic) bond motifs is 1. The highest BCUT2D eigenvalue weighted by Crippen LogP contribution is 2.41. The topological polar surface area (TPSA) is 92.4 Å². The van der Waals surface area contributed by atoms with E-state index in [1.807, 2.05) is 0 Å². The van der Waals surface area contributed by atoms with Crippen LogP contribution in [-0.2, 0) is 9.59 Å². The second kappa shape index (κ2) is 7.77. The number of ether oxygens (including phenoxy) is 2. The van der Waals surface area contributed by atoms with Gasteiger partial charge in [-0.15, -0.1) is 0 Å². The third-order valence-corrected chi connectivity index (χ3v) is 6.07. The fraction of sp³-hybridized carbons (Fsp3) is 0.391. The normalized spacial score (nSPS) is 22.6. The Labute approximate surface area is 179 Å². The maximum absolute atomic E-state index is 13.0. The summed E-state index contributed by atoms with van der Waals surface area (Å²) in [6.45, 7) is 4.95. The summed E-state index contributed by atoms with van der Waals surface area (Å²) < 4.78 is 16.5. The number of likely N-dealkylation sites (tertiary alicyclic amines) is 2. The van der Waals surface area contributed by atoms with Gasteiger partial charge in [-0.3, -0.25) is 9.59 Å². The largest absolute Gasteiger partial charge is 0.507 e. The van der Waals surface area contributed by atoms with Crippen LogP contribution >= 0.6 is 0 Å². The summed E-state index contributed by atoms with van der Waals surface area (Å²) in [5.74, 6) is 0.595. The Kier molecular flexibility index (Phi) is 4.94. The van der Waals surface area contributed by atoms with Gasteiger partial charge in [0, 0.05) is 18.7 Å². The Bertz CT molecular complexity index is 1070. The molecule has 8 nitrogen and oxygen atoms in total. The van der Waals surface area contributed by atoms with Crippen molar-refractivity contribution in [3.8, 4) is 11.5 Å². The number of hydrogen-bond donors (Lipinski definition) is 1. The van der Waals surface area contributed by atoms with Crippen molar-refractivity contribution in [2.45, 2.75) is 25.8 Å². The van der Waals surface area contributed by atoms with Crippen LogP contribution in [0, 0.1) is 6.92 Å². The van der Waals surface area contributed by atoms with E-state index >= 15 is 0 Å². The van der Waals surface area contributed by atoms with E-state index in [2.05, 4.69) is 4.90 Å². The molecule has 0 saturated carbocycles. The number of benzene rings is 1. The van der Waals surface area contributed by atoms with E-state index in [-0.39, 0.29) is 18.1 Å². The molecule has 31 heavy (non-hydrogen) atoms. The van der Waals surface area contributed by atoms with Gasteiger partial charge in [0.15, 0.2) is 11.5 Å². The van der Waals surface area contributed by atoms with Gasteiger partial charge in [0.05, 0.1) is 5.57 Å². The molecule has 1 unspecified atom stereocenters. The standard InChI is InChI=1S/C23H24N2O6/c1-14-4-6-17(31-14)20-19(21(26)15-5-7-16-18(12-15)30-13-29-16)22(27)23(28)25(20)11-10-24-8-2-3-9-24/h4-7,12,20,26H,2-3,8-11,13H2,1H3/b21-19+. The van der Waals surface area contributed by atoms with E-state index in [4.69, 9.17) is 13.9 Å². The first kappa shape index (κ1) is 19.7. The van der Waals surface area contributed by atoms with Crippen molar-refractivity contribution in [2.75, 3.05) is 33.0 Å². The van der Waals surface area contributed by atoms with Crippen LogP contribution in [0.5, 0.6) is 11.5 Å². The third-order valence-electron chi connectivity index (χ3n) is 6.07. The Morgan fingerprint density at radius 2 is 1.84 bits per heavy atom. The van der Waals surface area contributed by atoms with Gasteiger partial charge in [0.2, 0.25) is 6.79 Å². The predicted molar refractivity (Wildman–Crippen MR) is 111 cm³/mol. The summed E-state index contributed by atoms with van der Waals surface area (Å²) in [5, 5.41) is 11.1.